The molecular weight excluding hydrogens is 212 g/mol. The first-order valence-corrected chi connectivity index (χ1v) is 4.73. The van der Waals surface area contributed by atoms with Gasteiger partial charge >= 0.3 is 6.61 Å². The monoisotopic (exact) mass is 221 g/mol. The molecule has 0 fully saturated rings. The first-order valence-electron chi connectivity index (χ1n) is 4.73. The summed E-state index contributed by atoms with van der Waals surface area (Å²) in [6, 6.07) is 14.1. The van der Waals surface area contributed by atoms with Gasteiger partial charge in [0.05, 0.1) is 5.69 Å². The summed E-state index contributed by atoms with van der Waals surface area (Å²) in [4.78, 5) is 3.98. The van der Waals surface area contributed by atoms with Crippen molar-refractivity contribution in [2.45, 2.75) is 6.61 Å². The number of pyridine rings is 1. The number of benzene rings is 1. The first-order chi connectivity index (χ1) is 7.75. The normalized spacial score (nSPS) is 10.4. The van der Waals surface area contributed by atoms with Crippen molar-refractivity contribution < 1.29 is 13.5 Å². The van der Waals surface area contributed by atoms with Crippen LogP contribution in [0.3, 0.4) is 0 Å². The lowest BCUT2D eigenvalue weighted by Gasteiger charge is -2.05. The van der Waals surface area contributed by atoms with Crippen molar-refractivity contribution >= 4 is 0 Å². The molecule has 2 nitrogen and oxygen atoms in total. The van der Waals surface area contributed by atoms with Gasteiger partial charge < -0.3 is 4.74 Å². The summed E-state index contributed by atoms with van der Waals surface area (Å²) in [6.45, 7) is -2.85. The summed E-state index contributed by atoms with van der Waals surface area (Å²) in [6.07, 6.45) is 0. The molecule has 1 aromatic carbocycles. The Kier molecular flexibility index (Phi) is 3.10. The van der Waals surface area contributed by atoms with Gasteiger partial charge in [-0.2, -0.15) is 8.78 Å². The average molecular weight is 221 g/mol. The van der Waals surface area contributed by atoms with Crippen molar-refractivity contribution in [2.24, 2.45) is 0 Å². The summed E-state index contributed by atoms with van der Waals surface area (Å²) in [5.41, 5.74) is 1.47. The molecule has 2 rings (SSSR count). The van der Waals surface area contributed by atoms with Crippen LogP contribution < -0.4 is 4.74 Å². The largest absolute Gasteiger partial charge is 0.417 e. The van der Waals surface area contributed by atoms with Crippen LogP contribution in [0.25, 0.3) is 11.3 Å². The summed E-state index contributed by atoms with van der Waals surface area (Å²) < 4.78 is 28.2. The third kappa shape index (κ3) is 2.53. The SMILES string of the molecule is FC(F)Oc1cccc(-c2ccccc2)n1. The van der Waals surface area contributed by atoms with Gasteiger partial charge in [0.25, 0.3) is 0 Å². The number of nitrogens with zero attached hydrogens (tertiary/aromatic N) is 1. The summed E-state index contributed by atoms with van der Waals surface area (Å²) in [7, 11) is 0. The van der Waals surface area contributed by atoms with Crippen LogP contribution in [0.2, 0.25) is 0 Å². The fraction of sp³-hybridized carbons (Fsp3) is 0.0833. The van der Waals surface area contributed by atoms with Gasteiger partial charge in [-0.05, 0) is 6.07 Å². The molecule has 1 heterocycles. The Hall–Kier alpha value is -1.97. The van der Waals surface area contributed by atoms with Crippen molar-refractivity contribution in [1.82, 2.24) is 4.98 Å². The smallest absolute Gasteiger partial charge is 0.388 e. The molecule has 0 aliphatic rings. The van der Waals surface area contributed by atoms with Gasteiger partial charge in [-0.25, -0.2) is 4.98 Å². The predicted molar refractivity (Wildman–Crippen MR) is 56.3 cm³/mol. The lowest BCUT2D eigenvalue weighted by atomic mass is 10.1. The van der Waals surface area contributed by atoms with Gasteiger partial charge in [-0.15, -0.1) is 0 Å². The molecule has 0 spiro atoms. The number of alkyl halides is 2. The number of halogens is 2. The maximum Gasteiger partial charge on any atom is 0.388 e. The number of hydrogen-bond acceptors (Lipinski definition) is 2. The van der Waals surface area contributed by atoms with E-state index in [1.165, 1.54) is 6.07 Å². The zero-order valence-corrected chi connectivity index (χ0v) is 8.31. The molecule has 0 amide bonds. The van der Waals surface area contributed by atoms with E-state index < -0.39 is 6.61 Å². The number of ether oxygens (including phenoxy) is 1. The second-order valence-corrected chi connectivity index (χ2v) is 3.11. The fourth-order valence-corrected chi connectivity index (χ4v) is 1.34. The zero-order chi connectivity index (χ0) is 11.4. The molecular formula is C12H9F2NO. The molecule has 0 radical (unpaired) electrons. The van der Waals surface area contributed by atoms with Gasteiger partial charge in [0.1, 0.15) is 0 Å². The van der Waals surface area contributed by atoms with Gasteiger partial charge in [-0.3, -0.25) is 0 Å². The van der Waals surface area contributed by atoms with Gasteiger partial charge in [0.15, 0.2) is 0 Å². The Labute approximate surface area is 91.5 Å². The third-order valence-electron chi connectivity index (χ3n) is 2.00. The molecule has 2 aromatic rings. The summed E-state index contributed by atoms with van der Waals surface area (Å²) in [5.74, 6) is -0.0728. The molecule has 0 aliphatic carbocycles. The van der Waals surface area contributed by atoms with Gasteiger partial charge in [0.2, 0.25) is 5.88 Å². The minimum absolute atomic E-state index is 0.0728. The van der Waals surface area contributed by atoms with Gasteiger partial charge in [-0.1, -0.05) is 36.4 Å². The Balaban J connectivity index is 2.29. The molecule has 0 saturated carbocycles. The van der Waals surface area contributed by atoms with Crippen molar-refractivity contribution in [3.05, 3.63) is 48.5 Å². The maximum absolute atomic E-state index is 12.0. The molecule has 0 bridgehead atoms. The highest BCUT2D eigenvalue weighted by atomic mass is 19.3. The molecule has 16 heavy (non-hydrogen) atoms. The van der Waals surface area contributed by atoms with Gasteiger partial charge in [0, 0.05) is 11.6 Å². The highest BCUT2D eigenvalue weighted by Gasteiger charge is 2.06. The van der Waals surface area contributed by atoms with E-state index >= 15 is 0 Å². The Morgan fingerprint density at radius 1 is 0.938 bits per heavy atom. The Bertz CT molecular complexity index is 460. The summed E-state index contributed by atoms with van der Waals surface area (Å²) in [5, 5.41) is 0. The first kappa shape index (κ1) is 10.5. The minimum Gasteiger partial charge on any atom is -0.417 e. The van der Waals surface area contributed by atoms with E-state index in [-0.39, 0.29) is 5.88 Å². The summed E-state index contributed by atoms with van der Waals surface area (Å²) >= 11 is 0. The van der Waals surface area contributed by atoms with Crippen LogP contribution in [0.5, 0.6) is 5.88 Å². The molecule has 0 aliphatic heterocycles. The molecule has 82 valence electrons. The maximum atomic E-state index is 12.0. The highest BCUT2D eigenvalue weighted by Crippen LogP contribution is 2.19. The van der Waals surface area contributed by atoms with E-state index in [4.69, 9.17) is 0 Å². The van der Waals surface area contributed by atoms with Crippen LogP contribution in [0, 0.1) is 0 Å². The quantitative estimate of drug-likeness (QED) is 0.792. The van der Waals surface area contributed by atoms with E-state index in [0.717, 1.165) is 5.56 Å². The van der Waals surface area contributed by atoms with E-state index in [1.54, 1.807) is 12.1 Å². The van der Waals surface area contributed by atoms with Crippen LogP contribution >= 0.6 is 0 Å². The third-order valence-corrected chi connectivity index (χ3v) is 2.00. The van der Waals surface area contributed by atoms with Crippen molar-refractivity contribution in [1.29, 1.82) is 0 Å². The number of rotatable bonds is 3. The molecule has 0 atom stereocenters. The fourth-order valence-electron chi connectivity index (χ4n) is 1.34. The second-order valence-electron chi connectivity index (χ2n) is 3.11. The van der Waals surface area contributed by atoms with Crippen molar-refractivity contribution in [2.75, 3.05) is 0 Å². The molecule has 0 unspecified atom stereocenters. The Morgan fingerprint density at radius 3 is 2.38 bits per heavy atom. The van der Waals surface area contributed by atoms with E-state index in [9.17, 15) is 8.78 Å². The van der Waals surface area contributed by atoms with Crippen molar-refractivity contribution in [3.63, 3.8) is 0 Å². The van der Waals surface area contributed by atoms with Crippen LogP contribution in [-0.2, 0) is 0 Å². The number of hydrogen-bond donors (Lipinski definition) is 0. The molecule has 1 aromatic heterocycles. The van der Waals surface area contributed by atoms with Crippen molar-refractivity contribution in [3.8, 4) is 17.1 Å². The van der Waals surface area contributed by atoms with Crippen LogP contribution in [0.1, 0.15) is 0 Å². The number of aromatic nitrogens is 1. The second kappa shape index (κ2) is 4.70. The Morgan fingerprint density at radius 2 is 1.69 bits per heavy atom. The molecule has 0 N–H and O–H groups in total. The van der Waals surface area contributed by atoms with Crippen LogP contribution in [0.4, 0.5) is 8.78 Å². The van der Waals surface area contributed by atoms with E-state index in [1.807, 2.05) is 30.3 Å². The van der Waals surface area contributed by atoms with E-state index in [0.29, 0.717) is 5.69 Å². The lowest BCUT2D eigenvalue weighted by molar-refractivity contribution is -0.0527. The van der Waals surface area contributed by atoms with E-state index in [2.05, 4.69) is 9.72 Å². The lowest BCUT2D eigenvalue weighted by Crippen LogP contribution is -2.03. The minimum atomic E-state index is -2.85. The standard InChI is InChI=1S/C12H9F2NO/c13-12(14)16-11-8-4-7-10(15-11)9-5-2-1-3-6-9/h1-8,12H. The predicted octanol–water partition coefficient (Wildman–Crippen LogP) is 3.35. The average Bonchev–Trinajstić information content (AvgIpc) is 2.30. The topological polar surface area (TPSA) is 22.1 Å². The van der Waals surface area contributed by atoms with Crippen LogP contribution in [-0.4, -0.2) is 11.6 Å². The molecule has 4 heteroatoms. The van der Waals surface area contributed by atoms with Crippen LogP contribution in [0.15, 0.2) is 48.5 Å². The zero-order valence-electron chi connectivity index (χ0n) is 8.31. The molecule has 0 saturated heterocycles. The highest BCUT2D eigenvalue weighted by molar-refractivity contribution is 5.59.